The average molecular weight is 374 g/mol. The number of pyridine rings is 1. The molecule has 0 saturated carbocycles. The van der Waals surface area contributed by atoms with Crippen LogP contribution >= 0.6 is 11.6 Å². The van der Waals surface area contributed by atoms with E-state index in [9.17, 15) is 22.4 Å². The highest BCUT2D eigenvalue weighted by Gasteiger charge is 2.22. The van der Waals surface area contributed by atoms with Crippen LogP contribution in [0.4, 0.5) is 23.2 Å². The van der Waals surface area contributed by atoms with Gasteiger partial charge in [-0.25, -0.2) is 32.0 Å². The maximum absolute atomic E-state index is 13.1. The van der Waals surface area contributed by atoms with Gasteiger partial charge in [0.05, 0.1) is 5.69 Å². The standard InChI is InChI=1S/C14H8ClF4N5O/c15-11-6(2-1-3-20-11)22-14(25)8-5-10-21-7(12(16)17)4-9(13(18)19)24(10)23-8/h1-5,12-13H,(H,22,25). The molecule has 3 heterocycles. The first kappa shape index (κ1) is 17.1. The van der Waals surface area contributed by atoms with E-state index in [0.717, 1.165) is 6.07 Å². The van der Waals surface area contributed by atoms with Gasteiger partial charge in [-0.05, 0) is 18.2 Å². The van der Waals surface area contributed by atoms with E-state index in [4.69, 9.17) is 11.6 Å². The monoisotopic (exact) mass is 373 g/mol. The van der Waals surface area contributed by atoms with Gasteiger partial charge >= 0.3 is 0 Å². The summed E-state index contributed by atoms with van der Waals surface area (Å²) in [7, 11) is 0. The van der Waals surface area contributed by atoms with E-state index >= 15 is 0 Å². The lowest BCUT2D eigenvalue weighted by Crippen LogP contribution is -2.13. The van der Waals surface area contributed by atoms with Crippen LogP contribution in [-0.4, -0.2) is 25.5 Å². The Labute approximate surface area is 142 Å². The normalized spacial score (nSPS) is 11.5. The largest absolute Gasteiger partial charge is 0.318 e. The van der Waals surface area contributed by atoms with Crippen LogP contribution in [0, 0.1) is 0 Å². The third kappa shape index (κ3) is 3.38. The zero-order valence-corrected chi connectivity index (χ0v) is 12.9. The van der Waals surface area contributed by atoms with Crippen LogP contribution in [0.2, 0.25) is 5.15 Å². The molecule has 3 rings (SSSR count). The third-order valence-electron chi connectivity index (χ3n) is 3.16. The summed E-state index contributed by atoms with van der Waals surface area (Å²) in [6.07, 6.45) is -4.70. The lowest BCUT2D eigenvalue weighted by Gasteiger charge is -2.06. The molecule has 0 atom stereocenters. The minimum absolute atomic E-state index is 0.0194. The molecule has 11 heteroatoms. The van der Waals surface area contributed by atoms with Crippen molar-refractivity contribution in [3.63, 3.8) is 0 Å². The van der Waals surface area contributed by atoms with Gasteiger partial charge in [0.15, 0.2) is 16.5 Å². The summed E-state index contributed by atoms with van der Waals surface area (Å²) in [4.78, 5) is 19.5. The van der Waals surface area contributed by atoms with E-state index in [-0.39, 0.29) is 22.2 Å². The van der Waals surface area contributed by atoms with Gasteiger partial charge in [-0.2, -0.15) is 5.10 Å². The highest BCUT2D eigenvalue weighted by atomic mass is 35.5. The predicted octanol–water partition coefficient (Wildman–Crippen LogP) is 3.91. The van der Waals surface area contributed by atoms with Gasteiger partial charge < -0.3 is 5.32 Å². The Morgan fingerprint density at radius 3 is 2.60 bits per heavy atom. The first-order valence-electron chi connectivity index (χ1n) is 6.75. The Morgan fingerprint density at radius 1 is 1.20 bits per heavy atom. The number of halogens is 5. The molecule has 1 amide bonds. The molecule has 0 radical (unpaired) electrons. The number of amides is 1. The molecule has 6 nitrogen and oxygen atoms in total. The van der Waals surface area contributed by atoms with Crippen molar-refractivity contribution in [3.05, 3.63) is 52.7 Å². The fraction of sp³-hybridized carbons (Fsp3) is 0.143. The van der Waals surface area contributed by atoms with Gasteiger partial charge in [0, 0.05) is 12.3 Å². The Hall–Kier alpha value is -2.75. The van der Waals surface area contributed by atoms with Crippen molar-refractivity contribution in [2.24, 2.45) is 0 Å². The molecule has 0 bridgehead atoms. The number of hydrogen-bond donors (Lipinski definition) is 1. The fourth-order valence-electron chi connectivity index (χ4n) is 2.06. The van der Waals surface area contributed by atoms with Crippen molar-refractivity contribution >= 4 is 28.8 Å². The number of anilines is 1. The molecule has 0 unspecified atom stereocenters. The molecular formula is C14H8ClF4N5O. The van der Waals surface area contributed by atoms with Gasteiger partial charge in [0.1, 0.15) is 11.4 Å². The molecule has 0 aliphatic heterocycles. The summed E-state index contributed by atoms with van der Waals surface area (Å²) in [5.74, 6) is -0.779. The Bertz CT molecular complexity index is 946. The summed E-state index contributed by atoms with van der Waals surface area (Å²) in [5, 5.41) is 6.13. The number of fused-ring (bicyclic) bond motifs is 1. The third-order valence-corrected chi connectivity index (χ3v) is 3.46. The van der Waals surface area contributed by atoms with Crippen LogP contribution in [-0.2, 0) is 0 Å². The van der Waals surface area contributed by atoms with Crippen molar-refractivity contribution in [1.29, 1.82) is 0 Å². The van der Waals surface area contributed by atoms with Crippen molar-refractivity contribution in [2.75, 3.05) is 5.32 Å². The summed E-state index contributed by atoms with van der Waals surface area (Å²) in [6, 6.07) is 4.57. The van der Waals surface area contributed by atoms with E-state index in [1.165, 1.54) is 18.3 Å². The molecule has 0 spiro atoms. The van der Waals surface area contributed by atoms with E-state index in [1.54, 1.807) is 0 Å². The summed E-state index contributed by atoms with van der Waals surface area (Å²) in [5.41, 5.74) is -2.03. The lowest BCUT2D eigenvalue weighted by atomic mass is 10.3. The van der Waals surface area contributed by atoms with E-state index in [1.807, 2.05) is 0 Å². The van der Waals surface area contributed by atoms with Crippen molar-refractivity contribution in [1.82, 2.24) is 19.6 Å². The number of aromatic nitrogens is 4. The average Bonchev–Trinajstić information content (AvgIpc) is 2.99. The second-order valence-corrected chi connectivity index (χ2v) is 5.16. The SMILES string of the molecule is O=C(Nc1cccnc1Cl)c1cc2nc(C(F)F)cc(C(F)F)n2n1. The van der Waals surface area contributed by atoms with Gasteiger partial charge in [-0.3, -0.25) is 4.79 Å². The van der Waals surface area contributed by atoms with Crippen molar-refractivity contribution in [3.8, 4) is 0 Å². The fourth-order valence-corrected chi connectivity index (χ4v) is 2.23. The highest BCUT2D eigenvalue weighted by molar-refractivity contribution is 6.32. The zero-order valence-electron chi connectivity index (χ0n) is 12.1. The predicted molar refractivity (Wildman–Crippen MR) is 80.1 cm³/mol. The molecule has 0 fully saturated rings. The van der Waals surface area contributed by atoms with E-state index in [0.29, 0.717) is 10.6 Å². The summed E-state index contributed by atoms with van der Waals surface area (Å²) in [6.45, 7) is 0. The van der Waals surface area contributed by atoms with Crippen molar-refractivity contribution in [2.45, 2.75) is 12.9 Å². The Balaban J connectivity index is 2.01. The topological polar surface area (TPSA) is 72.2 Å². The second-order valence-electron chi connectivity index (χ2n) is 4.80. The van der Waals surface area contributed by atoms with Crippen LogP contribution in [0.5, 0.6) is 0 Å². The molecule has 0 aromatic carbocycles. The first-order valence-corrected chi connectivity index (χ1v) is 7.13. The summed E-state index contributed by atoms with van der Waals surface area (Å²) < 4.78 is 52.4. The molecule has 25 heavy (non-hydrogen) atoms. The number of carbonyl (C=O) groups excluding carboxylic acids is 1. The maximum atomic E-state index is 13.1. The molecular weight excluding hydrogens is 366 g/mol. The van der Waals surface area contributed by atoms with E-state index in [2.05, 4.69) is 20.4 Å². The highest BCUT2D eigenvalue weighted by Crippen LogP contribution is 2.26. The summed E-state index contributed by atoms with van der Waals surface area (Å²) >= 11 is 5.81. The van der Waals surface area contributed by atoms with Crippen LogP contribution in [0.15, 0.2) is 30.5 Å². The molecule has 3 aromatic rings. The van der Waals surface area contributed by atoms with Crippen LogP contribution in [0.25, 0.3) is 5.65 Å². The second kappa shape index (κ2) is 6.63. The molecule has 1 N–H and O–H groups in total. The van der Waals surface area contributed by atoms with Crippen LogP contribution in [0.1, 0.15) is 34.7 Å². The zero-order chi connectivity index (χ0) is 18.1. The van der Waals surface area contributed by atoms with Gasteiger partial charge in [0.2, 0.25) is 0 Å². The number of nitrogens with zero attached hydrogens (tertiary/aromatic N) is 4. The lowest BCUT2D eigenvalue weighted by molar-refractivity contribution is 0.102. The number of rotatable bonds is 4. The van der Waals surface area contributed by atoms with Crippen molar-refractivity contribution < 1.29 is 22.4 Å². The van der Waals surface area contributed by atoms with Crippen LogP contribution in [0.3, 0.4) is 0 Å². The number of hydrogen-bond acceptors (Lipinski definition) is 4. The quantitative estimate of drug-likeness (QED) is 0.556. The molecule has 0 saturated heterocycles. The minimum atomic E-state index is -3.08. The number of carbonyl (C=O) groups is 1. The molecule has 130 valence electrons. The van der Waals surface area contributed by atoms with Gasteiger partial charge in [-0.15, -0.1) is 0 Å². The number of alkyl halides is 4. The molecule has 3 aromatic heterocycles. The van der Waals surface area contributed by atoms with Gasteiger partial charge in [0.25, 0.3) is 18.8 Å². The first-order chi connectivity index (χ1) is 11.9. The van der Waals surface area contributed by atoms with Crippen LogP contribution < -0.4 is 5.32 Å². The van der Waals surface area contributed by atoms with E-state index < -0.39 is 30.1 Å². The Kier molecular flexibility index (Phi) is 4.53. The maximum Gasteiger partial charge on any atom is 0.280 e. The smallest absolute Gasteiger partial charge is 0.280 e. The number of nitrogens with one attached hydrogen (secondary N) is 1. The molecule has 0 aliphatic carbocycles. The Morgan fingerprint density at radius 2 is 1.96 bits per heavy atom. The minimum Gasteiger partial charge on any atom is -0.318 e. The molecule has 0 aliphatic rings. The van der Waals surface area contributed by atoms with Gasteiger partial charge in [-0.1, -0.05) is 11.6 Å².